The lowest BCUT2D eigenvalue weighted by atomic mass is 9.85. The first-order chi connectivity index (χ1) is 9.24. The molecule has 0 aromatic heterocycles. The monoisotopic (exact) mass is 405 g/mol. The van der Waals surface area contributed by atoms with E-state index in [-0.39, 0.29) is 5.56 Å². The van der Waals surface area contributed by atoms with Gasteiger partial charge in [-0.05, 0) is 12.5 Å². The highest BCUT2D eigenvalue weighted by molar-refractivity contribution is 14.1. The maximum absolute atomic E-state index is 13.6. The summed E-state index contributed by atoms with van der Waals surface area (Å²) in [6, 6.07) is 5.29. The minimum absolute atomic E-state index is 0.126. The van der Waals surface area contributed by atoms with Crippen LogP contribution in [0.2, 0.25) is 0 Å². The molecule has 3 N–H and O–H groups in total. The van der Waals surface area contributed by atoms with Crippen molar-refractivity contribution in [2.24, 2.45) is 5.73 Å². The molecule has 1 aromatic carbocycles. The molecule has 2 atom stereocenters. The van der Waals surface area contributed by atoms with Crippen LogP contribution in [-0.4, -0.2) is 28.2 Å². The molecule has 0 fully saturated rings. The van der Waals surface area contributed by atoms with Crippen molar-refractivity contribution in [3.63, 3.8) is 0 Å². The standard InChI is InChI=1S/C13H16F4INO/c14-7-12(19,10-3-1-2-4-11(10)15)5-9(20)6-13(16,17)8-18/h1-4,9,20H,5-8,19H2/t9-,12+/m0/s1. The lowest BCUT2D eigenvalue weighted by Gasteiger charge is -2.30. The predicted octanol–water partition coefficient (Wildman–Crippen LogP) is 3.16. The molecule has 1 rings (SSSR count). The molecule has 0 spiro atoms. The van der Waals surface area contributed by atoms with Gasteiger partial charge in [-0.3, -0.25) is 0 Å². The first kappa shape index (κ1) is 17.6. The van der Waals surface area contributed by atoms with E-state index in [9.17, 15) is 22.7 Å². The van der Waals surface area contributed by atoms with Gasteiger partial charge in [-0.25, -0.2) is 17.6 Å². The average molecular weight is 405 g/mol. The summed E-state index contributed by atoms with van der Waals surface area (Å²) in [5.41, 5.74) is 3.82. The number of nitrogens with two attached hydrogens (primary N) is 1. The summed E-state index contributed by atoms with van der Waals surface area (Å²) < 4.78 is 52.8. The third kappa shape index (κ3) is 4.56. The van der Waals surface area contributed by atoms with Crippen molar-refractivity contribution in [3.8, 4) is 0 Å². The normalized spacial score (nSPS) is 16.8. The zero-order chi connectivity index (χ0) is 15.4. The van der Waals surface area contributed by atoms with Gasteiger partial charge in [-0.2, -0.15) is 0 Å². The molecule has 0 aliphatic rings. The Morgan fingerprint density at radius 2 is 1.85 bits per heavy atom. The number of hydrogen-bond donors (Lipinski definition) is 2. The molecule has 7 heteroatoms. The highest BCUT2D eigenvalue weighted by Gasteiger charge is 2.37. The Hall–Kier alpha value is -0.410. The molecule has 20 heavy (non-hydrogen) atoms. The Bertz CT molecular complexity index is 446. The van der Waals surface area contributed by atoms with Crippen LogP contribution < -0.4 is 5.73 Å². The van der Waals surface area contributed by atoms with E-state index in [4.69, 9.17) is 5.73 Å². The second-order valence-corrected chi connectivity index (χ2v) is 5.58. The molecule has 0 heterocycles. The lowest BCUT2D eigenvalue weighted by molar-refractivity contribution is -0.0297. The number of aliphatic hydroxyl groups excluding tert-OH is 1. The van der Waals surface area contributed by atoms with Crippen molar-refractivity contribution in [1.29, 1.82) is 0 Å². The third-order valence-corrected chi connectivity index (χ3v) is 4.09. The fourth-order valence-electron chi connectivity index (χ4n) is 1.99. The Balaban J connectivity index is 2.88. The van der Waals surface area contributed by atoms with E-state index in [2.05, 4.69) is 0 Å². The van der Waals surface area contributed by atoms with E-state index >= 15 is 0 Å². The topological polar surface area (TPSA) is 46.2 Å². The summed E-state index contributed by atoms with van der Waals surface area (Å²) in [7, 11) is 0. The molecule has 0 saturated heterocycles. The van der Waals surface area contributed by atoms with Gasteiger partial charge in [-0.1, -0.05) is 40.8 Å². The highest BCUT2D eigenvalue weighted by atomic mass is 127. The number of halogens is 5. The van der Waals surface area contributed by atoms with E-state index in [0.717, 1.165) is 6.07 Å². The van der Waals surface area contributed by atoms with E-state index in [0.29, 0.717) is 0 Å². The van der Waals surface area contributed by atoms with Crippen LogP contribution in [0.25, 0.3) is 0 Å². The van der Waals surface area contributed by atoms with Crippen molar-refractivity contribution in [3.05, 3.63) is 35.6 Å². The molecule has 0 amide bonds. The van der Waals surface area contributed by atoms with Gasteiger partial charge in [0.05, 0.1) is 16.1 Å². The van der Waals surface area contributed by atoms with Gasteiger partial charge < -0.3 is 10.8 Å². The maximum Gasteiger partial charge on any atom is 0.259 e. The zero-order valence-electron chi connectivity index (χ0n) is 10.6. The molecular formula is C13H16F4INO. The second-order valence-electron chi connectivity index (χ2n) is 4.82. The van der Waals surface area contributed by atoms with E-state index in [1.54, 1.807) is 0 Å². The number of aliphatic hydroxyl groups is 1. The second kappa shape index (κ2) is 7.04. The highest BCUT2D eigenvalue weighted by Crippen LogP contribution is 2.31. The summed E-state index contributed by atoms with van der Waals surface area (Å²) in [5.74, 6) is -3.78. The van der Waals surface area contributed by atoms with Crippen LogP contribution in [0.15, 0.2) is 24.3 Å². The minimum Gasteiger partial charge on any atom is -0.393 e. The van der Waals surface area contributed by atoms with Crippen LogP contribution in [0.5, 0.6) is 0 Å². The van der Waals surface area contributed by atoms with Gasteiger partial charge >= 0.3 is 0 Å². The number of hydrogen-bond acceptors (Lipinski definition) is 2. The summed E-state index contributed by atoms with van der Waals surface area (Å²) in [6.07, 6.45) is -2.82. The van der Waals surface area contributed by atoms with Crippen LogP contribution in [0.4, 0.5) is 17.6 Å². The quantitative estimate of drug-likeness (QED) is 0.416. The van der Waals surface area contributed by atoms with Crippen LogP contribution in [0.1, 0.15) is 18.4 Å². The molecular weight excluding hydrogens is 389 g/mol. The number of rotatable bonds is 7. The summed E-state index contributed by atoms with van der Waals surface area (Å²) in [6.45, 7) is -1.15. The van der Waals surface area contributed by atoms with Crippen molar-refractivity contribution in [2.45, 2.75) is 30.4 Å². The fraction of sp³-hybridized carbons (Fsp3) is 0.538. The Kier molecular flexibility index (Phi) is 6.21. The van der Waals surface area contributed by atoms with Crippen molar-refractivity contribution >= 4 is 22.6 Å². The van der Waals surface area contributed by atoms with Crippen LogP contribution in [0.3, 0.4) is 0 Å². The molecule has 0 radical (unpaired) electrons. The molecule has 0 unspecified atom stereocenters. The van der Waals surface area contributed by atoms with Gasteiger partial charge in [-0.15, -0.1) is 0 Å². The lowest BCUT2D eigenvalue weighted by Crippen LogP contribution is -2.44. The molecule has 0 saturated carbocycles. The van der Waals surface area contributed by atoms with E-state index < -0.39 is 47.3 Å². The predicted molar refractivity (Wildman–Crippen MR) is 77.3 cm³/mol. The first-order valence-corrected chi connectivity index (χ1v) is 7.48. The van der Waals surface area contributed by atoms with Crippen molar-refractivity contribution < 1.29 is 22.7 Å². The Morgan fingerprint density at radius 3 is 2.35 bits per heavy atom. The van der Waals surface area contributed by atoms with Crippen LogP contribution in [-0.2, 0) is 5.54 Å². The maximum atomic E-state index is 13.6. The molecule has 0 aliphatic carbocycles. The van der Waals surface area contributed by atoms with E-state index in [1.807, 2.05) is 0 Å². The van der Waals surface area contributed by atoms with Gasteiger partial charge in [0.1, 0.15) is 12.5 Å². The van der Waals surface area contributed by atoms with Gasteiger partial charge in [0.2, 0.25) is 0 Å². The molecule has 0 aliphatic heterocycles. The average Bonchev–Trinajstić information content (AvgIpc) is 2.38. The summed E-state index contributed by atoms with van der Waals surface area (Å²) in [5, 5.41) is 9.68. The summed E-state index contributed by atoms with van der Waals surface area (Å²) >= 11 is 1.50. The first-order valence-electron chi connectivity index (χ1n) is 5.96. The van der Waals surface area contributed by atoms with Gasteiger partial charge in [0.25, 0.3) is 5.92 Å². The Morgan fingerprint density at radius 1 is 1.25 bits per heavy atom. The SMILES string of the molecule is N[C@@](CF)(C[C@H](O)CC(F)(F)CI)c1ccccc1F. The molecule has 1 aromatic rings. The largest absolute Gasteiger partial charge is 0.393 e. The van der Waals surface area contributed by atoms with Gasteiger partial charge in [0, 0.05) is 12.0 Å². The fourth-order valence-corrected chi connectivity index (χ4v) is 2.30. The number of benzene rings is 1. The van der Waals surface area contributed by atoms with Crippen molar-refractivity contribution in [2.75, 3.05) is 11.1 Å². The zero-order valence-corrected chi connectivity index (χ0v) is 12.8. The van der Waals surface area contributed by atoms with Crippen molar-refractivity contribution in [1.82, 2.24) is 0 Å². The minimum atomic E-state index is -3.06. The smallest absolute Gasteiger partial charge is 0.259 e. The number of alkyl halides is 4. The van der Waals surface area contributed by atoms with Gasteiger partial charge in [0.15, 0.2) is 0 Å². The van der Waals surface area contributed by atoms with Crippen LogP contribution in [0, 0.1) is 5.82 Å². The molecule has 114 valence electrons. The van der Waals surface area contributed by atoms with E-state index in [1.165, 1.54) is 40.8 Å². The third-order valence-electron chi connectivity index (χ3n) is 2.98. The van der Waals surface area contributed by atoms with Crippen LogP contribution >= 0.6 is 22.6 Å². The molecule has 0 bridgehead atoms. The Labute approximate surface area is 128 Å². The summed E-state index contributed by atoms with van der Waals surface area (Å²) in [4.78, 5) is 0. The molecule has 2 nitrogen and oxygen atoms in total.